The van der Waals surface area contributed by atoms with Crippen molar-refractivity contribution in [3.05, 3.63) is 53.2 Å². The normalized spacial score (nSPS) is 11.2. The van der Waals surface area contributed by atoms with Crippen LogP contribution in [0, 0.1) is 6.92 Å². The number of aromatic nitrogens is 1. The lowest BCUT2D eigenvalue weighted by Crippen LogP contribution is -2.06. The number of nitrogens with one attached hydrogen (secondary N) is 1. The maximum absolute atomic E-state index is 11.7. The van der Waals surface area contributed by atoms with Crippen molar-refractivity contribution in [1.29, 1.82) is 0 Å². The van der Waals surface area contributed by atoms with Crippen molar-refractivity contribution in [2.24, 2.45) is 0 Å². The summed E-state index contributed by atoms with van der Waals surface area (Å²) in [6.45, 7) is 1.94. The van der Waals surface area contributed by atoms with Crippen LogP contribution in [0.5, 0.6) is 0 Å². The number of carbonyl (C=O) groups excluding carboxylic acids is 1. The van der Waals surface area contributed by atoms with Gasteiger partial charge in [0.15, 0.2) is 5.13 Å². The molecule has 0 saturated heterocycles. The number of fused-ring (bicyclic) bond motifs is 1. The number of hydrogen-bond acceptors (Lipinski definition) is 4. The highest BCUT2D eigenvalue weighted by atomic mass is 32.1. The molecular weight excluding hydrogens is 272 g/mol. The Morgan fingerprint density at radius 3 is 3.00 bits per heavy atom. The molecule has 2 heterocycles. The van der Waals surface area contributed by atoms with E-state index in [0.29, 0.717) is 10.9 Å². The van der Waals surface area contributed by atoms with Gasteiger partial charge < -0.3 is 4.42 Å². The second-order valence-corrected chi connectivity index (χ2v) is 5.52. The van der Waals surface area contributed by atoms with Crippen molar-refractivity contribution >= 4 is 39.4 Å². The standard InChI is InChI=1S/C15H12N2O2S/c1-10-9-16-15(20-10)17-14(18)7-6-12-8-11-4-2-3-5-13(11)19-12/h2-9H,1H3,(H,16,17,18)/b7-6+. The molecule has 20 heavy (non-hydrogen) atoms. The monoisotopic (exact) mass is 284 g/mol. The number of para-hydroxylation sites is 1. The van der Waals surface area contributed by atoms with E-state index >= 15 is 0 Å². The van der Waals surface area contributed by atoms with Crippen LogP contribution < -0.4 is 5.32 Å². The molecule has 1 N–H and O–H groups in total. The number of furan rings is 1. The van der Waals surface area contributed by atoms with Crippen molar-refractivity contribution in [2.45, 2.75) is 6.92 Å². The number of aryl methyl sites for hydroxylation is 1. The number of nitrogens with zero attached hydrogens (tertiary/aromatic N) is 1. The topological polar surface area (TPSA) is 55.1 Å². The van der Waals surface area contributed by atoms with E-state index in [4.69, 9.17) is 4.42 Å². The second-order valence-electron chi connectivity index (χ2n) is 4.29. The highest BCUT2D eigenvalue weighted by Crippen LogP contribution is 2.20. The zero-order valence-electron chi connectivity index (χ0n) is 10.8. The SMILES string of the molecule is Cc1cnc(NC(=O)/C=C/c2cc3ccccc3o2)s1. The molecule has 100 valence electrons. The van der Waals surface area contributed by atoms with Gasteiger partial charge in [-0.15, -0.1) is 11.3 Å². The van der Waals surface area contributed by atoms with E-state index in [0.717, 1.165) is 15.8 Å². The molecule has 0 bridgehead atoms. The number of rotatable bonds is 3. The van der Waals surface area contributed by atoms with Crippen LogP contribution >= 0.6 is 11.3 Å². The van der Waals surface area contributed by atoms with E-state index in [1.165, 1.54) is 17.4 Å². The van der Waals surface area contributed by atoms with E-state index in [1.807, 2.05) is 37.3 Å². The lowest BCUT2D eigenvalue weighted by Gasteiger charge is -1.94. The van der Waals surface area contributed by atoms with Gasteiger partial charge in [-0.25, -0.2) is 4.98 Å². The van der Waals surface area contributed by atoms with Gasteiger partial charge in [-0.1, -0.05) is 18.2 Å². The Morgan fingerprint density at radius 1 is 1.40 bits per heavy atom. The zero-order chi connectivity index (χ0) is 13.9. The van der Waals surface area contributed by atoms with E-state index in [9.17, 15) is 4.79 Å². The van der Waals surface area contributed by atoms with Gasteiger partial charge in [-0.3, -0.25) is 10.1 Å². The fraction of sp³-hybridized carbons (Fsp3) is 0.0667. The molecule has 0 aliphatic carbocycles. The maximum Gasteiger partial charge on any atom is 0.250 e. The van der Waals surface area contributed by atoms with Crippen molar-refractivity contribution in [1.82, 2.24) is 4.98 Å². The third kappa shape index (κ3) is 2.78. The molecule has 1 aromatic carbocycles. The van der Waals surface area contributed by atoms with E-state index in [-0.39, 0.29) is 5.91 Å². The summed E-state index contributed by atoms with van der Waals surface area (Å²) in [5, 5.41) is 4.32. The molecule has 0 unspecified atom stereocenters. The number of anilines is 1. The number of benzene rings is 1. The summed E-state index contributed by atoms with van der Waals surface area (Å²) in [5.74, 6) is 0.427. The van der Waals surface area contributed by atoms with Crippen LogP contribution in [0.2, 0.25) is 0 Å². The fourth-order valence-electron chi connectivity index (χ4n) is 1.80. The quantitative estimate of drug-likeness (QED) is 0.743. The molecule has 4 nitrogen and oxygen atoms in total. The first-order valence-electron chi connectivity index (χ1n) is 6.11. The molecule has 0 fully saturated rings. The first-order chi connectivity index (χ1) is 9.70. The summed E-state index contributed by atoms with van der Waals surface area (Å²) in [5.41, 5.74) is 0.808. The molecule has 0 atom stereocenters. The highest BCUT2D eigenvalue weighted by Gasteiger charge is 2.03. The van der Waals surface area contributed by atoms with Gasteiger partial charge in [0.05, 0.1) is 0 Å². The van der Waals surface area contributed by atoms with Gasteiger partial charge >= 0.3 is 0 Å². The van der Waals surface area contributed by atoms with Gasteiger partial charge in [-0.05, 0) is 25.1 Å². The Hall–Kier alpha value is -2.40. The Bertz CT molecular complexity index is 753. The molecule has 0 aliphatic heterocycles. The molecule has 3 aromatic rings. The predicted octanol–water partition coefficient (Wildman–Crippen LogP) is 3.85. The maximum atomic E-state index is 11.7. The van der Waals surface area contributed by atoms with Crippen molar-refractivity contribution in [3.63, 3.8) is 0 Å². The van der Waals surface area contributed by atoms with Crippen LogP contribution in [0.1, 0.15) is 10.6 Å². The summed E-state index contributed by atoms with van der Waals surface area (Å²) < 4.78 is 5.59. The van der Waals surface area contributed by atoms with Crippen molar-refractivity contribution in [2.75, 3.05) is 5.32 Å². The second kappa shape index (κ2) is 5.30. The average Bonchev–Trinajstić information content (AvgIpc) is 3.02. The number of hydrogen-bond donors (Lipinski definition) is 1. The molecule has 0 radical (unpaired) electrons. The van der Waals surface area contributed by atoms with Crippen LogP contribution in [0.25, 0.3) is 17.0 Å². The lowest BCUT2D eigenvalue weighted by molar-refractivity contribution is -0.111. The average molecular weight is 284 g/mol. The summed E-state index contributed by atoms with van der Waals surface area (Å²) in [6.07, 6.45) is 4.81. The molecule has 5 heteroatoms. The van der Waals surface area contributed by atoms with Crippen molar-refractivity contribution < 1.29 is 9.21 Å². The summed E-state index contributed by atoms with van der Waals surface area (Å²) in [6, 6.07) is 9.62. The molecule has 2 aromatic heterocycles. The third-order valence-corrected chi connectivity index (χ3v) is 3.52. The fourth-order valence-corrected chi connectivity index (χ4v) is 2.47. The van der Waals surface area contributed by atoms with E-state index < -0.39 is 0 Å². The Balaban J connectivity index is 1.71. The van der Waals surface area contributed by atoms with Gasteiger partial charge in [0.2, 0.25) is 5.91 Å². The summed E-state index contributed by atoms with van der Waals surface area (Å²) >= 11 is 1.44. The Labute approximate surface area is 119 Å². The molecule has 0 spiro atoms. The molecule has 1 amide bonds. The van der Waals surface area contributed by atoms with Gasteiger partial charge in [-0.2, -0.15) is 0 Å². The van der Waals surface area contributed by atoms with Gasteiger partial charge in [0, 0.05) is 22.5 Å². The van der Waals surface area contributed by atoms with Crippen molar-refractivity contribution in [3.8, 4) is 0 Å². The van der Waals surface area contributed by atoms with Gasteiger partial charge in [0.1, 0.15) is 11.3 Å². The van der Waals surface area contributed by atoms with E-state index in [2.05, 4.69) is 10.3 Å². The molecule has 0 aliphatic rings. The molecule has 0 saturated carbocycles. The molecule has 3 rings (SSSR count). The van der Waals surface area contributed by atoms with Gasteiger partial charge in [0.25, 0.3) is 0 Å². The first kappa shape index (κ1) is 12.6. The summed E-state index contributed by atoms with van der Waals surface area (Å²) in [7, 11) is 0. The van der Waals surface area contributed by atoms with Crippen LogP contribution in [-0.2, 0) is 4.79 Å². The largest absolute Gasteiger partial charge is 0.457 e. The minimum absolute atomic E-state index is 0.222. The van der Waals surface area contributed by atoms with Crippen LogP contribution in [0.3, 0.4) is 0 Å². The summed E-state index contributed by atoms with van der Waals surface area (Å²) in [4.78, 5) is 16.9. The molecular formula is C15H12N2O2S. The predicted molar refractivity (Wildman–Crippen MR) is 80.7 cm³/mol. The number of thiazole rings is 1. The zero-order valence-corrected chi connectivity index (χ0v) is 11.6. The smallest absolute Gasteiger partial charge is 0.250 e. The minimum Gasteiger partial charge on any atom is -0.457 e. The Morgan fingerprint density at radius 2 is 2.25 bits per heavy atom. The van der Waals surface area contributed by atoms with Crippen LogP contribution in [-0.4, -0.2) is 10.9 Å². The number of carbonyl (C=O) groups is 1. The first-order valence-corrected chi connectivity index (χ1v) is 6.92. The van der Waals surface area contributed by atoms with E-state index in [1.54, 1.807) is 12.3 Å². The minimum atomic E-state index is -0.222. The number of amides is 1. The highest BCUT2D eigenvalue weighted by molar-refractivity contribution is 7.15. The van der Waals surface area contributed by atoms with Crippen LogP contribution in [0.4, 0.5) is 5.13 Å². The van der Waals surface area contributed by atoms with Crippen LogP contribution in [0.15, 0.2) is 47.0 Å². The lowest BCUT2D eigenvalue weighted by atomic mass is 10.2. The Kier molecular flexibility index (Phi) is 3.35. The third-order valence-electron chi connectivity index (χ3n) is 2.69.